The predicted octanol–water partition coefficient (Wildman–Crippen LogP) is -6.04. The zero-order valence-electron chi connectivity index (χ0n) is 13.0. The molecule has 29 heavy (non-hydrogen) atoms. The maximum Gasteiger partial charge on any atom is 3.00 e. The SMILES string of the molecule is Nn1cnnc1.Nn1cnnc1.O=S(=O)([O-])[O-].O=S(=O)([O-])[O-].O=S(=O)([O-])[O-].[Fe+3].[Fe+3]. The normalized spacial score (nSPS) is 9.59. The average molecular weight is 568 g/mol. The van der Waals surface area contributed by atoms with E-state index in [-0.39, 0.29) is 34.1 Å². The van der Waals surface area contributed by atoms with E-state index in [0.717, 1.165) is 0 Å². The van der Waals surface area contributed by atoms with Crippen molar-refractivity contribution in [2.24, 2.45) is 0 Å². The number of nitrogens with zero attached hydrogens (tertiary/aromatic N) is 6. The molecule has 2 heterocycles. The third-order valence-electron chi connectivity index (χ3n) is 0.873. The fourth-order valence-electron chi connectivity index (χ4n) is 0.417. The molecule has 170 valence electrons. The zero-order valence-corrected chi connectivity index (χ0v) is 17.6. The van der Waals surface area contributed by atoms with Crippen LogP contribution in [0.4, 0.5) is 0 Å². The molecule has 0 amide bonds. The van der Waals surface area contributed by atoms with Gasteiger partial charge in [-0.15, -0.1) is 20.4 Å². The molecule has 2 aromatic heterocycles. The van der Waals surface area contributed by atoms with Crippen LogP contribution >= 0.6 is 0 Å². The molecule has 4 N–H and O–H groups in total. The second-order valence-electron chi connectivity index (χ2n) is 3.04. The van der Waals surface area contributed by atoms with Crippen LogP contribution in [0.25, 0.3) is 0 Å². The van der Waals surface area contributed by atoms with E-state index in [4.69, 9.17) is 64.3 Å². The standard InChI is InChI=1S/2C2H4N4.2Fe.3H2O4S/c2*3-6-1-4-5-2-6;;;3*1-5(2,3)4/h2*1-2H,3H2;;;3*(H2,1,2,3,4)/q;;2*+3;;;/p-6. The van der Waals surface area contributed by atoms with Gasteiger partial charge < -0.3 is 39.0 Å². The van der Waals surface area contributed by atoms with Gasteiger partial charge in [-0.2, -0.15) is 0 Å². The maximum absolute atomic E-state index is 8.52. The molecule has 0 unspecified atom stereocenters. The summed E-state index contributed by atoms with van der Waals surface area (Å²) in [5.41, 5.74) is 0. The van der Waals surface area contributed by atoms with Crippen LogP contribution < -0.4 is 11.7 Å². The topological polar surface area (TPSA) is 354 Å². The summed E-state index contributed by atoms with van der Waals surface area (Å²) in [6.07, 6.45) is 5.67. The van der Waals surface area contributed by atoms with Gasteiger partial charge in [-0.3, -0.25) is 25.3 Å². The first-order chi connectivity index (χ1) is 11.8. The molecule has 0 bridgehead atoms. The molecule has 0 spiro atoms. The van der Waals surface area contributed by atoms with Gasteiger partial charge in [-0.1, -0.05) is 0 Å². The monoisotopic (exact) mass is 568 g/mol. The van der Waals surface area contributed by atoms with Crippen molar-refractivity contribution in [1.82, 2.24) is 29.7 Å². The minimum absolute atomic E-state index is 0. The van der Waals surface area contributed by atoms with Crippen LogP contribution in [-0.2, 0) is 65.3 Å². The predicted molar refractivity (Wildman–Crippen MR) is 71.8 cm³/mol. The second-order valence-corrected chi connectivity index (χ2v) is 5.49. The molecule has 25 heteroatoms. The minimum atomic E-state index is -5.17. The number of rotatable bonds is 0. The van der Waals surface area contributed by atoms with Crippen LogP contribution in [0, 0.1) is 0 Å². The van der Waals surface area contributed by atoms with Gasteiger partial charge in [-0.25, -0.2) is 9.35 Å². The van der Waals surface area contributed by atoms with Gasteiger partial charge in [-0.05, 0) is 0 Å². The van der Waals surface area contributed by atoms with Crippen LogP contribution in [0.1, 0.15) is 0 Å². The Morgan fingerprint density at radius 3 is 0.655 bits per heavy atom. The van der Waals surface area contributed by atoms with Gasteiger partial charge in [0.2, 0.25) is 0 Å². The van der Waals surface area contributed by atoms with Crippen molar-refractivity contribution in [3.05, 3.63) is 25.3 Å². The molecule has 0 saturated carbocycles. The van der Waals surface area contributed by atoms with E-state index >= 15 is 0 Å². The molecule has 2 radical (unpaired) electrons. The quantitative estimate of drug-likeness (QED) is 0.129. The van der Waals surface area contributed by atoms with Gasteiger partial charge in [0.05, 0.1) is 0 Å². The molecule has 0 aromatic carbocycles. The van der Waals surface area contributed by atoms with Crippen molar-refractivity contribution in [2.75, 3.05) is 11.7 Å². The van der Waals surface area contributed by atoms with Crippen LogP contribution in [0.3, 0.4) is 0 Å². The summed E-state index contributed by atoms with van der Waals surface area (Å²) >= 11 is 0. The summed E-state index contributed by atoms with van der Waals surface area (Å²) in [6.45, 7) is 0. The Labute approximate surface area is 184 Å². The Morgan fingerprint density at radius 1 is 0.517 bits per heavy atom. The summed E-state index contributed by atoms with van der Waals surface area (Å²) in [7, 11) is -15.5. The molecule has 2 aromatic rings. The van der Waals surface area contributed by atoms with Gasteiger partial charge in [0.1, 0.15) is 25.3 Å². The molecule has 0 aliphatic heterocycles. The fourth-order valence-corrected chi connectivity index (χ4v) is 0.417. The first-order valence-corrected chi connectivity index (χ1v) is 8.98. The molecular formula is C4H8Fe2N8O12S3. The summed E-state index contributed by atoms with van der Waals surface area (Å²) in [5, 5.41) is 13.6. The van der Waals surface area contributed by atoms with E-state index in [2.05, 4.69) is 20.4 Å². The van der Waals surface area contributed by atoms with Gasteiger partial charge >= 0.3 is 34.1 Å². The maximum atomic E-state index is 8.52. The number of aromatic nitrogens is 6. The molecule has 0 aliphatic rings. The zero-order chi connectivity index (χ0) is 22.3. The molecule has 0 atom stereocenters. The summed E-state index contributed by atoms with van der Waals surface area (Å²) in [6, 6.07) is 0. The van der Waals surface area contributed by atoms with Crippen molar-refractivity contribution >= 4 is 31.2 Å². The van der Waals surface area contributed by atoms with E-state index in [9.17, 15) is 0 Å². The fraction of sp³-hybridized carbons (Fsp3) is 0. The van der Waals surface area contributed by atoms with Crippen LogP contribution in [0.2, 0.25) is 0 Å². The first kappa shape index (κ1) is 38.2. The van der Waals surface area contributed by atoms with Crippen LogP contribution in [0.5, 0.6) is 0 Å². The van der Waals surface area contributed by atoms with Crippen molar-refractivity contribution in [2.45, 2.75) is 0 Å². The summed E-state index contributed by atoms with van der Waals surface area (Å²) in [5.74, 6) is 10.1. The molecule has 20 nitrogen and oxygen atoms in total. The Balaban J connectivity index is -0.0000000817. The Kier molecular flexibility index (Phi) is 24.4. The Bertz CT molecular complexity index is 771. The number of nitrogen functional groups attached to an aromatic ring is 2. The van der Waals surface area contributed by atoms with Gasteiger partial charge in [0, 0.05) is 31.2 Å². The van der Waals surface area contributed by atoms with Crippen molar-refractivity contribution in [3.63, 3.8) is 0 Å². The van der Waals surface area contributed by atoms with Gasteiger partial charge in [0.15, 0.2) is 0 Å². The van der Waals surface area contributed by atoms with Crippen LogP contribution in [-0.4, -0.2) is 82.3 Å². The molecule has 0 fully saturated rings. The first-order valence-electron chi connectivity index (χ1n) is 4.98. The van der Waals surface area contributed by atoms with E-state index in [0.29, 0.717) is 0 Å². The van der Waals surface area contributed by atoms with Gasteiger partial charge in [0.25, 0.3) is 0 Å². The van der Waals surface area contributed by atoms with Crippen LogP contribution in [0.15, 0.2) is 25.3 Å². The third kappa shape index (κ3) is 102. The van der Waals surface area contributed by atoms with E-state index in [1.807, 2.05) is 0 Å². The number of hydrogen-bond donors (Lipinski definition) is 2. The largest absolute Gasteiger partial charge is 3.00 e. The average Bonchev–Trinajstić information content (AvgIpc) is 2.96. The summed E-state index contributed by atoms with van der Waals surface area (Å²) in [4.78, 5) is 0. The molecule has 0 aliphatic carbocycles. The second kappa shape index (κ2) is 18.6. The van der Waals surface area contributed by atoms with E-state index in [1.165, 1.54) is 34.7 Å². The smallest absolute Gasteiger partial charge is 0.759 e. The van der Waals surface area contributed by atoms with Crippen molar-refractivity contribution in [1.29, 1.82) is 0 Å². The minimum Gasteiger partial charge on any atom is -0.759 e. The number of nitrogens with two attached hydrogens (primary N) is 2. The Hall–Kier alpha value is -1.47. The van der Waals surface area contributed by atoms with E-state index < -0.39 is 31.2 Å². The van der Waals surface area contributed by atoms with Crippen molar-refractivity contribution < 1.29 is 86.7 Å². The van der Waals surface area contributed by atoms with Crippen molar-refractivity contribution in [3.8, 4) is 0 Å². The third-order valence-corrected chi connectivity index (χ3v) is 0.873. The molecular weight excluding hydrogens is 560 g/mol. The Morgan fingerprint density at radius 2 is 0.621 bits per heavy atom. The number of hydrogen-bond acceptors (Lipinski definition) is 18. The summed E-state index contributed by atoms with van der Waals surface area (Å²) < 4.78 is 105. The molecule has 2 rings (SSSR count). The van der Waals surface area contributed by atoms with E-state index in [1.54, 1.807) is 0 Å². The molecule has 0 saturated heterocycles.